The van der Waals surface area contributed by atoms with Crippen molar-refractivity contribution in [2.45, 2.75) is 6.92 Å². The highest BCUT2D eigenvalue weighted by Crippen LogP contribution is 2.18. The van der Waals surface area contributed by atoms with Crippen molar-refractivity contribution in [2.24, 2.45) is 4.99 Å². The first-order valence-electron chi connectivity index (χ1n) is 5.78. The van der Waals surface area contributed by atoms with Gasteiger partial charge in [0, 0.05) is 0 Å². The zero-order chi connectivity index (χ0) is 13.8. The van der Waals surface area contributed by atoms with Gasteiger partial charge < -0.3 is 4.74 Å². The number of amides is 1. The number of rotatable bonds is 2. The second-order valence-electron chi connectivity index (χ2n) is 4.07. The molecule has 1 aromatic carbocycles. The Hall–Kier alpha value is -2.49. The third-order valence-electron chi connectivity index (χ3n) is 2.73. The molecule has 4 heteroatoms. The van der Waals surface area contributed by atoms with Crippen LogP contribution in [-0.2, 0) is 4.79 Å². The fourth-order valence-corrected chi connectivity index (χ4v) is 1.70. The Morgan fingerprint density at radius 3 is 2.63 bits per heavy atom. The van der Waals surface area contributed by atoms with Gasteiger partial charge in [-0.05, 0) is 42.9 Å². The van der Waals surface area contributed by atoms with E-state index in [0.717, 1.165) is 0 Å². The minimum absolute atomic E-state index is 0.0660. The topological polar surface area (TPSA) is 55.7 Å². The molecule has 0 unspecified atom stereocenters. The third-order valence-corrected chi connectivity index (χ3v) is 2.73. The lowest BCUT2D eigenvalue weighted by Gasteiger charge is -2.06. The zero-order valence-electron chi connectivity index (χ0n) is 10.7. The fourth-order valence-electron chi connectivity index (χ4n) is 1.70. The van der Waals surface area contributed by atoms with Crippen molar-refractivity contribution in [3.05, 3.63) is 53.6 Å². The van der Waals surface area contributed by atoms with E-state index in [1.54, 1.807) is 37.3 Å². The van der Waals surface area contributed by atoms with Gasteiger partial charge in [-0.25, -0.2) is 4.99 Å². The molecule has 0 aromatic heterocycles. The lowest BCUT2D eigenvalue weighted by Crippen LogP contribution is -2.08. The molecule has 1 aromatic rings. The van der Waals surface area contributed by atoms with Gasteiger partial charge in [0.1, 0.15) is 5.75 Å². The molecule has 0 saturated heterocycles. The maximum absolute atomic E-state index is 12.1. The molecule has 0 radical (unpaired) electrons. The Kier molecular flexibility index (Phi) is 3.71. The van der Waals surface area contributed by atoms with Crippen molar-refractivity contribution in [1.82, 2.24) is 0 Å². The number of allylic oxidation sites excluding steroid dienone is 4. The van der Waals surface area contributed by atoms with Gasteiger partial charge in [0.05, 0.1) is 18.4 Å². The largest absolute Gasteiger partial charge is 0.496 e. The molecule has 1 amide bonds. The van der Waals surface area contributed by atoms with Gasteiger partial charge in [0.15, 0.2) is 5.78 Å². The van der Waals surface area contributed by atoms with E-state index in [2.05, 4.69) is 4.99 Å². The number of methoxy groups -OCH3 is 1. The van der Waals surface area contributed by atoms with E-state index in [9.17, 15) is 9.59 Å². The van der Waals surface area contributed by atoms with Crippen molar-refractivity contribution in [3.63, 3.8) is 0 Å². The molecule has 0 fully saturated rings. The van der Waals surface area contributed by atoms with E-state index in [0.29, 0.717) is 22.6 Å². The Morgan fingerprint density at radius 1 is 1.21 bits per heavy atom. The van der Waals surface area contributed by atoms with E-state index in [4.69, 9.17) is 4.74 Å². The van der Waals surface area contributed by atoms with Gasteiger partial charge in [-0.15, -0.1) is 0 Å². The summed E-state index contributed by atoms with van der Waals surface area (Å²) in [5.74, 6) is 0.0209. The Labute approximate surface area is 111 Å². The number of carbonyl (C=O) groups excluding carboxylic acids is 2. The molecule has 1 aliphatic rings. The molecule has 0 atom stereocenters. The van der Waals surface area contributed by atoms with Crippen LogP contribution in [-0.4, -0.2) is 24.5 Å². The summed E-state index contributed by atoms with van der Waals surface area (Å²) in [4.78, 5) is 27.3. The molecule has 0 N–H and O–H groups in total. The Morgan fingerprint density at radius 2 is 1.95 bits per heavy atom. The lowest BCUT2D eigenvalue weighted by molar-refractivity contribution is -0.111. The number of hydrogen-bond donors (Lipinski definition) is 0. The number of benzene rings is 1. The van der Waals surface area contributed by atoms with E-state index in [1.165, 1.54) is 19.3 Å². The van der Waals surface area contributed by atoms with Crippen LogP contribution in [0, 0.1) is 0 Å². The number of aliphatic imine (C=N–C) groups is 1. The van der Waals surface area contributed by atoms with Crippen LogP contribution >= 0.6 is 0 Å². The first-order chi connectivity index (χ1) is 9.11. The summed E-state index contributed by atoms with van der Waals surface area (Å²) in [6.07, 6.45) is 4.53. The van der Waals surface area contributed by atoms with Crippen LogP contribution in [0.4, 0.5) is 0 Å². The van der Waals surface area contributed by atoms with E-state index >= 15 is 0 Å². The predicted molar refractivity (Wildman–Crippen MR) is 72.7 cm³/mol. The fraction of sp³-hybridized carbons (Fsp3) is 0.133. The average Bonchev–Trinajstić information content (AvgIpc) is 2.43. The van der Waals surface area contributed by atoms with E-state index in [-0.39, 0.29) is 5.78 Å². The summed E-state index contributed by atoms with van der Waals surface area (Å²) in [6.45, 7) is 1.69. The van der Waals surface area contributed by atoms with Crippen LogP contribution in [0.1, 0.15) is 17.3 Å². The molecule has 0 saturated carbocycles. The van der Waals surface area contributed by atoms with Crippen molar-refractivity contribution in [3.8, 4) is 5.75 Å². The summed E-state index contributed by atoms with van der Waals surface area (Å²) in [5.41, 5.74) is 1.43. The third kappa shape index (κ3) is 2.85. The highest BCUT2D eigenvalue weighted by molar-refractivity contribution is 6.22. The molecule has 1 aliphatic carbocycles. The SMILES string of the molecule is COc1ccccc1C(=O)N=C1C=CC(=O)C(C)=C1. The van der Waals surface area contributed by atoms with Crippen LogP contribution in [0.3, 0.4) is 0 Å². The summed E-state index contributed by atoms with van der Waals surface area (Å²) < 4.78 is 5.12. The van der Waals surface area contributed by atoms with Crippen LogP contribution in [0.5, 0.6) is 5.75 Å². The normalized spacial score (nSPS) is 16.4. The average molecular weight is 255 g/mol. The monoisotopic (exact) mass is 255 g/mol. The van der Waals surface area contributed by atoms with Crippen molar-refractivity contribution in [1.29, 1.82) is 0 Å². The van der Waals surface area contributed by atoms with Crippen molar-refractivity contribution in [2.75, 3.05) is 7.11 Å². The number of carbonyl (C=O) groups is 2. The molecule has 2 rings (SSSR count). The van der Waals surface area contributed by atoms with Crippen molar-refractivity contribution >= 4 is 17.4 Å². The number of ether oxygens (including phenoxy) is 1. The van der Waals surface area contributed by atoms with Gasteiger partial charge in [0.2, 0.25) is 0 Å². The molecule has 96 valence electrons. The second-order valence-corrected chi connectivity index (χ2v) is 4.07. The van der Waals surface area contributed by atoms with Gasteiger partial charge >= 0.3 is 0 Å². The van der Waals surface area contributed by atoms with Crippen LogP contribution in [0.2, 0.25) is 0 Å². The van der Waals surface area contributed by atoms with Gasteiger partial charge in [0.25, 0.3) is 5.91 Å². The minimum atomic E-state index is -0.393. The minimum Gasteiger partial charge on any atom is -0.496 e. The van der Waals surface area contributed by atoms with Gasteiger partial charge in [-0.3, -0.25) is 9.59 Å². The van der Waals surface area contributed by atoms with Gasteiger partial charge in [-0.2, -0.15) is 0 Å². The van der Waals surface area contributed by atoms with Crippen molar-refractivity contribution < 1.29 is 14.3 Å². The molecule has 4 nitrogen and oxygen atoms in total. The highest BCUT2D eigenvalue weighted by atomic mass is 16.5. The van der Waals surface area contributed by atoms with E-state index < -0.39 is 5.91 Å². The maximum Gasteiger partial charge on any atom is 0.281 e. The van der Waals surface area contributed by atoms with Gasteiger partial charge in [-0.1, -0.05) is 12.1 Å². The highest BCUT2D eigenvalue weighted by Gasteiger charge is 2.13. The number of ketones is 1. The molecule has 19 heavy (non-hydrogen) atoms. The Bertz CT molecular complexity index is 624. The molecule has 0 spiro atoms. The standard InChI is InChI=1S/C15H13NO3/c1-10-9-11(7-8-13(10)17)16-15(18)12-5-3-4-6-14(12)19-2/h3-9H,1-2H3. The van der Waals surface area contributed by atoms with Crippen LogP contribution in [0.15, 0.2) is 53.1 Å². The maximum atomic E-state index is 12.1. The van der Waals surface area contributed by atoms with E-state index in [1.807, 2.05) is 0 Å². The predicted octanol–water partition coefficient (Wildman–Crippen LogP) is 2.36. The zero-order valence-corrected chi connectivity index (χ0v) is 10.7. The quantitative estimate of drug-likeness (QED) is 0.762. The molecular formula is C15H13NO3. The first-order valence-corrected chi connectivity index (χ1v) is 5.78. The van der Waals surface area contributed by atoms with Crippen LogP contribution < -0.4 is 4.74 Å². The molecular weight excluding hydrogens is 242 g/mol. The molecule has 0 heterocycles. The number of para-hydroxylation sites is 1. The summed E-state index contributed by atoms with van der Waals surface area (Å²) in [5, 5.41) is 0. The summed E-state index contributed by atoms with van der Waals surface area (Å²) >= 11 is 0. The molecule has 0 aliphatic heterocycles. The Balaban J connectivity index is 2.31. The first kappa shape index (κ1) is 13.0. The van der Waals surface area contributed by atoms with Crippen LogP contribution in [0.25, 0.3) is 0 Å². The number of nitrogens with zero attached hydrogens (tertiary/aromatic N) is 1. The molecule has 0 bridgehead atoms. The number of hydrogen-bond acceptors (Lipinski definition) is 3. The smallest absolute Gasteiger partial charge is 0.281 e. The summed E-state index contributed by atoms with van der Waals surface area (Å²) in [7, 11) is 1.50. The second kappa shape index (κ2) is 5.44. The lowest BCUT2D eigenvalue weighted by atomic mass is 10.1. The summed E-state index contributed by atoms with van der Waals surface area (Å²) in [6, 6.07) is 6.89.